The molecule has 3 N–H and O–H groups in total. The molecule has 0 aromatic rings. The minimum atomic E-state index is -0.304. The van der Waals surface area contributed by atoms with Crippen molar-refractivity contribution in [2.24, 2.45) is 0 Å². The molecule has 3 nitrogen and oxygen atoms in total. The van der Waals surface area contributed by atoms with Crippen LogP contribution in [-0.4, -0.2) is 35.5 Å². The van der Waals surface area contributed by atoms with Crippen molar-refractivity contribution in [2.45, 2.75) is 32.4 Å². The smallest absolute Gasteiger partial charge is 0.0636 e. The van der Waals surface area contributed by atoms with Gasteiger partial charge >= 0.3 is 0 Å². The molecule has 3 heteroatoms. The molecule has 0 aromatic heterocycles. The lowest BCUT2D eigenvalue weighted by atomic mass is 10.2. The minimum absolute atomic E-state index is 0.202. The van der Waals surface area contributed by atoms with E-state index in [0.29, 0.717) is 12.6 Å². The Bertz CT molecular complexity index is 76.0. The van der Waals surface area contributed by atoms with Crippen LogP contribution in [0.4, 0.5) is 0 Å². The summed E-state index contributed by atoms with van der Waals surface area (Å²) in [4.78, 5) is 0. The van der Waals surface area contributed by atoms with E-state index in [4.69, 9.17) is 10.2 Å². The maximum Gasteiger partial charge on any atom is 0.0636 e. The minimum Gasteiger partial charge on any atom is -0.396 e. The Morgan fingerprint density at radius 2 is 2.00 bits per heavy atom. The highest BCUT2D eigenvalue weighted by atomic mass is 16.3. The van der Waals surface area contributed by atoms with E-state index in [9.17, 15) is 0 Å². The van der Waals surface area contributed by atoms with E-state index in [1.54, 1.807) is 6.92 Å². The van der Waals surface area contributed by atoms with Gasteiger partial charge in [-0.1, -0.05) is 0 Å². The molecule has 62 valence electrons. The van der Waals surface area contributed by atoms with E-state index >= 15 is 0 Å². The molecule has 0 saturated carbocycles. The van der Waals surface area contributed by atoms with E-state index < -0.39 is 0 Å². The van der Waals surface area contributed by atoms with Crippen LogP contribution in [0.5, 0.6) is 0 Å². The first kappa shape index (κ1) is 9.88. The maximum absolute atomic E-state index is 8.84. The third kappa shape index (κ3) is 6.01. The Labute approximate surface area is 62.1 Å². The molecule has 10 heavy (non-hydrogen) atoms. The molecule has 0 aliphatic rings. The van der Waals surface area contributed by atoms with Crippen molar-refractivity contribution in [1.29, 1.82) is 0 Å². The summed E-state index contributed by atoms with van der Waals surface area (Å²) in [6, 6.07) is 0.291. The third-order valence-corrected chi connectivity index (χ3v) is 1.32. The van der Waals surface area contributed by atoms with Crippen LogP contribution in [0.25, 0.3) is 0 Å². The quantitative estimate of drug-likeness (QED) is 0.501. The van der Waals surface area contributed by atoms with E-state index in [-0.39, 0.29) is 12.7 Å². The van der Waals surface area contributed by atoms with Gasteiger partial charge in [0.05, 0.1) is 6.10 Å². The molecule has 1 unspecified atom stereocenters. The second-order valence-electron chi connectivity index (χ2n) is 2.67. The maximum atomic E-state index is 8.84. The van der Waals surface area contributed by atoms with Crippen LogP contribution in [0.3, 0.4) is 0 Å². The third-order valence-electron chi connectivity index (χ3n) is 1.32. The molecule has 0 bridgehead atoms. The fraction of sp³-hybridized carbons (Fsp3) is 1.00. The van der Waals surface area contributed by atoms with Crippen molar-refractivity contribution < 1.29 is 10.2 Å². The molecule has 0 aliphatic carbocycles. The molecular formula is C7H17NO2. The zero-order chi connectivity index (χ0) is 7.98. The average molecular weight is 147 g/mol. The molecule has 0 heterocycles. The van der Waals surface area contributed by atoms with Crippen LogP contribution in [0.1, 0.15) is 20.3 Å². The lowest BCUT2D eigenvalue weighted by Crippen LogP contribution is -2.32. The fourth-order valence-electron chi connectivity index (χ4n) is 0.667. The molecule has 0 saturated heterocycles. The fourth-order valence-corrected chi connectivity index (χ4v) is 0.667. The summed E-state index contributed by atoms with van der Waals surface area (Å²) in [7, 11) is 0. The van der Waals surface area contributed by atoms with E-state index in [1.165, 1.54) is 0 Å². The summed E-state index contributed by atoms with van der Waals surface area (Å²) < 4.78 is 0. The van der Waals surface area contributed by atoms with Gasteiger partial charge in [-0.25, -0.2) is 0 Å². The zero-order valence-corrected chi connectivity index (χ0v) is 6.67. The van der Waals surface area contributed by atoms with Crippen LogP contribution in [0.15, 0.2) is 0 Å². The molecule has 0 aromatic carbocycles. The first-order valence-corrected chi connectivity index (χ1v) is 3.69. The number of rotatable bonds is 5. The standard InChI is InChI=1S/C7H17NO2/c1-6(3-4-9)8-5-7(2)10/h6-10H,3-5H2,1-2H3/t6?,7-/m1/s1. The lowest BCUT2D eigenvalue weighted by molar-refractivity contribution is 0.182. The van der Waals surface area contributed by atoms with Crippen LogP contribution in [-0.2, 0) is 0 Å². The largest absolute Gasteiger partial charge is 0.396 e. The van der Waals surface area contributed by atoms with Crippen molar-refractivity contribution in [1.82, 2.24) is 5.32 Å². The normalized spacial score (nSPS) is 16.8. The first-order valence-electron chi connectivity index (χ1n) is 3.69. The Balaban J connectivity index is 3.12. The molecule has 0 aliphatic heterocycles. The molecule has 0 amide bonds. The van der Waals surface area contributed by atoms with Crippen molar-refractivity contribution in [3.05, 3.63) is 0 Å². The van der Waals surface area contributed by atoms with Gasteiger partial charge in [-0.15, -0.1) is 0 Å². The van der Waals surface area contributed by atoms with Gasteiger partial charge in [0.15, 0.2) is 0 Å². The Morgan fingerprint density at radius 1 is 1.40 bits per heavy atom. The van der Waals surface area contributed by atoms with E-state index in [0.717, 1.165) is 6.42 Å². The van der Waals surface area contributed by atoms with Gasteiger partial charge in [-0.05, 0) is 20.3 Å². The SMILES string of the molecule is CC(CCO)NC[C@@H](C)O. The molecular weight excluding hydrogens is 130 g/mol. The van der Waals surface area contributed by atoms with Gasteiger partial charge in [-0.2, -0.15) is 0 Å². The van der Waals surface area contributed by atoms with Crippen LogP contribution < -0.4 is 5.32 Å². The number of aliphatic hydroxyl groups is 2. The Morgan fingerprint density at radius 3 is 2.40 bits per heavy atom. The number of aliphatic hydroxyl groups excluding tert-OH is 2. The van der Waals surface area contributed by atoms with Crippen LogP contribution >= 0.6 is 0 Å². The van der Waals surface area contributed by atoms with E-state index in [2.05, 4.69) is 5.32 Å². The number of hydrogen-bond donors (Lipinski definition) is 3. The molecule has 2 atom stereocenters. The van der Waals surface area contributed by atoms with E-state index in [1.807, 2.05) is 6.92 Å². The van der Waals surface area contributed by atoms with Gasteiger partial charge in [0.1, 0.15) is 0 Å². The van der Waals surface area contributed by atoms with Gasteiger partial charge in [0, 0.05) is 19.2 Å². The predicted molar refractivity (Wildman–Crippen MR) is 40.8 cm³/mol. The monoisotopic (exact) mass is 147 g/mol. The van der Waals surface area contributed by atoms with Crippen LogP contribution in [0.2, 0.25) is 0 Å². The second-order valence-corrected chi connectivity index (χ2v) is 2.67. The summed E-state index contributed by atoms with van der Waals surface area (Å²) in [5.41, 5.74) is 0. The summed E-state index contributed by atoms with van der Waals surface area (Å²) in [6.07, 6.45) is 0.438. The molecule has 0 radical (unpaired) electrons. The summed E-state index contributed by atoms with van der Waals surface area (Å²) in [5, 5.41) is 20.4. The van der Waals surface area contributed by atoms with Crippen LogP contribution in [0, 0.1) is 0 Å². The molecule has 0 spiro atoms. The Kier molecular flexibility index (Phi) is 5.58. The topological polar surface area (TPSA) is 52.5 Å². The van der Waals surface area contributed by atoms with Crippen molar-refractivity contribution in [2.75, 3.05) is 13.2 Å². The molecule has 0 rings (SSSR count). The van der Waals surface area contributed by atoms with Gasteiger partial charge in [-0.3, -0.25) is 0 Å². The highest BCUT2D eigenvalue weighted by Crippen LogP contribution is 1.88. The highest BCUT2D eigenvalue weighted by Gasteiger charge is 2.00. The average Bonchev–Trinajstić information content (AvgIpc) is 1.85. The van der Waals surface area contributed by atoms with Gasteiger partial charge in [0.25, 0.3) is 0 Å². The number of nitrogens with one attached hydrogen (secondary N) is 1. The van der Waals surface area contributed by atoms with Crippen molar-refractivity contribution in [3.63, 3.8) is 0 Å². The van der Waals surface area contributed by atoms with Crippen molar-refractivity contribution in [3.8, 4) is 0 Å². The summed E-state index contributed by atoms with van der Waals surface area (Å²) in [6.45, 7) is 4.52. The van der Waals surface area contributed by atoms with Gasteiger partial charge < -0.3 is 15.5 Å². The summed E-state index contributed by atoms with van der Waals surface area (Å²) >= 11 is 0. The number of hydrogen-bond acceptors (Lipinski definition) is 3. The second kappa shape index (κ2) is 5.65. The molecule has 0 fully saturated rings. The Hall–Kier alpha value is -0.120. The predicted octanol–water partition coefficient (Wildman–Crippen LogP) is -0.272. The summed E-state index contributed by atoms with van der Waals surface area (Å²) in [5.74, 6) is 0. The first-order chi connectivity index (χ1) is 4.66. The zero-order valence-electron chi connectivity index (χ0n) is 6.67. The highest BCUT2D eigenvalue weighted by molar-refractivity contribution is 4.61. The van der Waals surface area contributed by atoms with Gasteiger partial charge in [0.2, 0.25) is 0 Å². The lowest BCUT2D eigenvalue weighted by Gasteiger charge is -2.12. The van der Waals surface area contributed by atoms with Crippen molar-refractivity contribution >= 4 is 0 Å².